The minimum absolute atomic E-state index is 0.132. The van der Waals surface area contributed by atoms with Gasteiger partial charge in [0.1, 0.15) is 16.6 Å². The third kappa shape index (κ3) is 3.51. The Morgan fingerprint density at radius 2 is 1.68 bits per heavy atom. The second kappa shape index (κ2) is 6.93. The highest BCUT2D eigenvalue weighted by atomic mass is 32.2. The van der Waals surface area contributed by atoms with Crippen LogP contribution in [-0.2, 0) is 10.0 Å². The van der Waals surface area contributed by atoms with Gasteiger partial charge in [-0.05, 0) is 12.1 Å². The van der Waals surface area contributed by atoms with Crippen molar-refractivity contribution in [3.05, 3.63) is 34.8 Å². The Labute approximate surface area is 149 Å². The van der Waals surface area contributed by atoms with E-state index in [4.69, 9.17) is 0 Å². The summed E-state index contributed by atoms with van der Waals surface area (Å²) in [5, 5.41) is 9.92. The van der Waals surface area contributed by atoms with Crippen LogP contribution >= 0.6 is 11.3 Å². The van der Waals surface area contributed by atoms with Gasteiger partial charge in [-0.3, -0.25) is 0 Å². The molecule has 6 nitrogen and oxygen atoms in total. The van der Waals surface area contributed by atoms with E-state index in [2.05, 4.69) is 10.2 Å². The molecule has 3 rings (SSSR count). The second-order valence-corrected chi connectivity index (χ2v) is 8.88. The summed E-state index contributed by atoms with van der Waals surface area (Å²) in [6.07, 6.45) is 0. The van der Waals surface area contributed by atoms with Crippen LogP contribution in [0.3, 0.4) is 0 Å². The quantitative estimate of drug-likeness (QED) is 0.805. The van der Waals surface area contributed by atoms with E-state index in [1.54, 1.807) is 0 Å². The molecule has 1 aromatic heterocycles. The molecule has 0 bridgehead atoms. The fourth-order valence-corrected chi connectivity index (χ4v) is 4.99. The lowest BCUT2D eigenvalue weighted by atomic mass is 10.2. The van der Waals surface area contributed by atoms with Crippen molar-refractivity contribution in [2.45, 2.75) is 24.7 Å². The summed E-state index contributed by atoms with van der Waals surface area (Å²) in [5.74, 6) is -1.88. The number of benzene rings is 1. The Kier molecular flexibility index (Phi) is 5.03. The molecule has 1 saturated heterocycles. The van der Waals surface area contributed by atoms with Gasteiger partial charge in [-0.15, -0.1) is 10.2 Å². The SMILES string of the molecule is CC(C)c1nnc(N2CCN(S(=O)(=O)c3c(F)cccc3F)CC2)s1. The summed E-state index contributed by atoms with van der Waals surface area (Å²) < 4.78 is 53.9. The number of anilines is 1. The first-order chi connectivity index (χ1) is 11.8. The number of rotatable bonds is 4. The summed E-state index contributed by atoms with van der Waals surface area (Å²) in [5.41, 5.74) is 0. The van der Waals surface area contributed by atoms with Crippen molar-refractivity contribution < 1.29 is 17.2 Å². The van der Waals surface area contributed by atoms with Gasteiger partial charge in [0.15, 0.2) is 4.90 Å². The standard InChI is InChI=1S/C15H18F2N4O2S2/c1-10(2)14-18-19-15(24-14)20-6-8-21(9-7-20)25(22,23)13-11(16)4-3-5-12(13)17/h3-5,10H,6-9H2,1-2H3. The second-order valence-electron chi connectivity index (χ2n) is 6.02. The van der Waals surface area contributed by atoms with E-state index in [0.717, 1.165) is 32.6 Å². The molecule has 0 atom stereocenters. The average molecular weight is 388 g/mol. The molecule has 0 unspecified atom stereocenters. The molecule has 1 aliphatic heterocycles. The molecular weight excluding hydrogens is 370 g/mol. The third-order valence-electron chi connectivity index (χ3n) is 3.95. The van der Waals surface area contributed by atoms with Crippen molar-refractivity contribution in [1.29, 1.82) is 0 Å². The van der Waals surface area contributed by atoms with E-state index in [9.17, 15) is 17.2 Å². The number of piperazine rings is 1. The van der Waals surface area contributed by atoms with E-state index < -0.39 is 26.6 Å². The predicted molar refractivity (Wildman–Crippen MR) is 91.3 cm³/mol. The summed E-state index contributed by atoms with van der Waals surface area (Å²) >= 11 is 1.47. The van der Waals surface area contributed by atoms with Crippen LogP contribution in [0, 0.1) is 11.6 Å². The number of hydrogen-bond donors (Lipinski definition) is 0. The molecule has 0 aliphatic carbocycles. The van der Waals surface area contributed by atoms with Crippen LogP contribution in [0.1, 0.15) is 24.8 Å². The number of sulfonamides is 1. The summed E-state index contributed by atoms with van der Waals surface area (Å²) in [4.78, 5) is 1.05. The monoisotopic (exact) mass is 388 g/mol. The Balaban J connectivity index is 1.75. The van der Waals surface area contributed by atoms with Crippen molar-refractivity contribution >= 4 is 26.5 Å². The molecule has 0 saturated carbocycles. The molecule has 0 amide bonds. The fraction of sp³-hybridized carbons (Fsp3) is 0.467. The molecule has 1 fully saturated rings. The molecule has 0 spiro atoms. The van der Waals surface area contributed by atoms with Crippen LogP contribution in [0.25, 0.3) is 0 Å². The molecule has 0 N–H and O–H groups in total. The van der Waals surface area contributed by atoms with Crippen molar-refractivity contribution in [3.63, 3.8) is 0 Å². The molecule has 25 heavy (non-hydrogen) atoms. The zero-order valence-electron chi connectivity index (χ0n) is 13.8. The molecule has 1 aliphatic rings. The first-order valence-corrected chi connectivity index (χ1v) is 10.1. The molecule has 0 radical (unpaired) electrons. The van der Waals surface area contributed by atoms with Gasteiger partial charge >= 0.3 is 0 Å². The highest BCUT2D eigenvalue weighted by Gasteiger charge is 2.33. The van der Waals surface area contributed by atoms with Gasteiger partial charge in [0.05, 0.1) is 0 Å². The van der Waals surface area contributed by atoms with E-state index >= 15 is 0 Å². The summed E-state index contributed by atoms with van der Waals surface area (Å²) in [6, 6.07) is 3.03. The van der Waals surface area contributed by atoms with Crippen LogP contribution in [0.15, 0.2) is 23.1 Å². The van der Waals surface area contributed by atoms with Gasteiger partial charge in [-0.2, -0.15) is 4.31 Å². The highest BCUT2D eigenvalue weighted by Crippen LogP contribution is 2.28. The van der Waals surface area contributed by atoms with E-state index in [1.807, 2.05) is 18.7 Å². The van der Waals surface area contributed by atoms with Crippen LogP contribution in [0.4, 0.5) is 13.9 Å². The Morgan fingerprint density at radius 1 is 1.08 bits per heavy atom. The Bertz CT molecular complexity index is 842. The number of halogens is 2. The zero-order chi connectivity index (χ0) is 18.2. The highest BCUT2D eigenvalue weighted by molar-refractivity contribution is 7.89. The molecule has 136 valence electrons. The lowest BCUT2D eigenvalue weighted by Crippen LogP contribution is -2.49. The van der Waals surface area contributed by atoms with Crippen LogP contribution in [-0.4, -0.2) is 49.1 Å². The maximum absolute atomic E-state index is 13.8. The third-order valence-corrected chi connectivity index (χ3v) is 7.19. The van der Waals surface area contributed by atoms with Crippen molar-refractivity contribution in [2.24, 2.45) is 0 Å². The topological polar surface area (TPSA) is 66.4 Å². The van der Waals surface area contributed by atoms with E-state index in [-0.39, 0.29) is 19.0 Å². The van der Waals surface area contributed by atoms with Crippen LogP contribution in [0.5, 0.6) is 0 Å². The summed E-state index contributed by atoms with van der Waals surface area (Å²) in [7, 11) is -4.21. The largest absolute Gasteiger partial charge is 0.344 e. The van der Waals surface area contributed by atoms with E-state index in [1.165, 1.54) is 11.3 Å². The lowest BCUT2D eigenvalue weighted by molar-refractivity contribution is 0.378. The maximum Gasteiger partial charge on any atom is 0.249 e. The predicted octanol–water partition coefficient (Wildman–Crippen LogP) is 2.45. The fourth-order valence-electron chi connectivity index (χ4n) is 2.57. The van der Waals surface area contributed by atoms with Gasteiger partial charge in [-0.25, -0.2) is 17.2 Å². The number of aromatic nitrogens is 2. The van der Waals surface area contributed by atoms with Gasteiger partial charge in [0.25, 0.3) is 0 Å². The molecule has 1 aromatic carbocycles. The molecule has 2 aromatic rings. The maximum atomic E-state index is 13.8. The van der Waals surface area contributed by atoms with Gasteiger partial charge in [0.2, 0.25) is 15.2 Å². The normalized spacial score (nSPS) is 16.6. The minimum atomic E-state index is -4.21. The van der Waals surface area contributed by atoms with Crippen molar-refractivity contribution in [1.82, 2.24) is 14.5 Å². The smallest absolute Gasteiger partial charge is 0.249 e. The Hall–Kier alpha value is -1.65. The van der Waals surface area contributed by atoms with Crippen molar-refractivity contribution in [2.75, 3.05) is 31.1 Å². The average Bonchev–Trinajstić information content (AvgIpc) is 3.05. The van der Waals surface area contributed by atoms with Gasteiger partial charge in [-0.1, -0.05) is 31.3 Å². The molecule has 2 heterocycles. The van der Waals surface area contributed by atoms with Gasteiger partial charge < -0.3 is 4.90 Å². The molecular formula is C15H18F2N4O2S2. The van der Waals surface area contributed by atoms with Crippen LogP contribution < -0.4 is 4.90 Å². The van der Waals surface area contributed by atoms with Crippen LogP contribution in [0.2, 0.25) is 0 Å². The Morgan fingerprint density at radius 3 is 2.20 bits per heavy atom. The summed E-state index contributed by atoms with van der Waals surface area (Å²) in [6.45, 7) is 5.10. The number of nitrogens with zero attached hydrogens (tertiary/aromatic N) is 4. The molecule has 10 heteroatoms. The first kappa shape index (κ1) is 18.2. The first-order valence-electron chi connectivity index (χ1n) is 7.83. The van der Waals surface area contributed by atoms with Crippen molar-refractivity contribution in [3.8, 4) is 0 Å². The minimum Gasteiger partial charge on any atom is -0.344 e. The zero-order valence-corrected chi connectivity index (χ0v) is 15.4. The van der Waals surface area contributed by atoms with E-state index in [0.29, 0.717) is 13.1 Å². The lowest BCUT2D eigenvalue weighted by Gasteiger charge is -2.33. The van der Waals surface area contributed by atoms with Gasteiger partial charge in [0, 0.05) is 32.1 Å². The number of hydrogen-bond acceptors (Lipinski definition) is 6.